The molecule has 23 heavy (non-hydrogen) atoms. The van der Waals surface area contributed by atoms with Crippen LogP contribution in [0.3, 0.4) is 0 Å². The average molecular weight is 384 g/mol. The quantitative estimate of drug-likeness (QED) is 0.765. The number of carbonyl (C=O) groups is 2. The molecule has 1 atom stereocenters. The van der Waals surface area contributed by atoms with Gasteiger partial charge in [-0.3, -0.25) is 9.59 Å². The van der Waals surface area contributed by atoms with E-state index in [-0.39, 0.29) is 5.91 Å². The van der Waals surface area contributed by atoms with Crippen LogP contribution >= 0.6 is 15.9 Å². The third-order valence-electron chi connectivity index (χ3n) is 4.19. The molecule has 0 aromatic heterocycles. The first-order chi connectivity index (χ1) is 10.9. The van der Waals surface area contributed by atoms with Gasteiger partial charge in [-0.05, 0) is 54.2 Å². The summed E-state index contributed by atoms with van der Waals surface area (Å²) >= 11 is 3.41. The van der Waals surface area contributed by atoms with Crippen molar-refractivity contribution >= 4 is 27.8 Å². The summed E-state index contributed by atoms with van der Waals surface area (Å²) in [5.41, 5.74) is -0.820. The zero-order chi connectivity index (χ0) is 16.9. The van der Waals surface area contributed by atoms with Crippen LogP contribution in [0.1, 0.15) is 32.6 Å². The number of para-hydroxylation sites is 1. The Morgan fingerprint density at radius 1 is 1.39 bits per heavy atom. The summed E-state index contributed by atoms with van der Waals surface area (Å²) in [4.78, 5) is 25.3. The molecule has 1 aliphatic heterocycles. The van der Waals surface area contributed by atoms with E-state index in [1.807, 2.05) is 24.3 Å². The molecule has 1 aromatic carbocycles. The van der Waals surface area contributed by atoms with Crippen molar-refractivity contribution in [3.63, 3.8) is 0 Å². The number of hydrogen-bond acceptors (Lipinski definition) is 3. The SMILES string of the molecule is CC1(C(=O)O)CCCN(C(=O)CCCOc2ccccc2Br)C1. The molecule has 1 aromatic rings. The molecule has 0 radical (unpaired) electrons. The van der Waals surface area contributed by atoms with Crippen molar-refractivity contribution < 1.29 is 19.4 Å². The number of carboxylic acid groups (broad SMARTS) is 1. The first kappa shape index (κ1) is 17.8. The molecule has 1 amide bonds. The predicted octanol–water partition coefficient (Wildman–Crippen LogP) is 3.32. The number of aliphatic carboxylic acids is 1. The van der Waals surface area contributed by atoms with Crippen molar-refractivity contribution in [3.8, 4) is 5.75 Å². The number of nitrogens with zero attached hydrogens (tertiary/aromatic N) is 1. The van der Waals surface area contributed by atoms with Gasteiger partial charge in [0.25, 0.3) is 0 Å². The minimum atomic E-state index is -0.827. The molecule has 5 nitrogen and oxygen atoms in total. The summed E-state index contributed by atoms with van der Waals surface area (Å²) in [5, 5.41) is 9.30. The average Bonchev–Trinajstić information content (AvgIpc) is 2.53. The number of likely N-dealkylation sites (tertiary alicyclic amines) is 1. The number of hydrogen-bond donors (Lipinski definition) is 1. The Balaban J connectivity index is 1.77. The van der Waals surface area contributed by atoms with Crippen molar-refractivity contribution in [3.05, 3.63) is 28.7 Å². The highest BCUT2D eigenvalue weighted by Gasteiger charge is 2.39. The fourth-order valence-electron chi connectivity index (χ4n) is 2.75. The minimum Gasteiger partial charge on any atom is -0.492 e. The largest absolute Gasteiger partial charge is 0.492 e. The van der Waals surface area contributed by atoms with E-state index in [2.05, 4.69) is 15.9 Å². The molecule has 1 unspecified atom stereocenters. The van der Waals surface area contributed by atoms with Gasteiger partial charge in [0.1, 0.15) is 5.75 Å². The Labute approximate surface area is 144 Å². The van der Waals surface area contributed by atoms with Crippen molar-refractivity contribution in [2.75, 3.05) is 19.7 Å². The van der Waals surface area contributed by atoms with E-state index in [0.717, 1.165) is 16.6 Å². The Morgan fingerprint density at radius 3 is 2.83 bits per heavy atom. The Morgan fingerprint density at radius 2 is 2.13 bits per heavy atom. The highest BCUT2D eigenvalue weighted by atomic mass is 79.9. The highest BCUT2D eigenvalue weighted by molar-refractivity contribution is 9.10. The zero-order valence-electron chi connectivity index (χ0n) is 13.3. The number of ether oxygens (including phenoxy) is 1. The van der Waals surface area contributed by atoms with E-state index in [0.29, 0.717) is 39.0 Å². The van der Waals surface area contributed by atoms with Crippen molar-refractivity contribution in [1.29, 1.82) is 0 Å². The van der Waals surface area contributed by atoms with E-state index in [1.165, 1.54) is 0 Å². The minimum absolute atomic E-state index is 0.00732. The Bertz CT molecular complexity index is 577. The smallest absolute Gasteiger partial charge is 0.311 e. The maximum atomic E-state index is 12.3. The monoisotopic (exact) mass is 383 g/mol. The molecule has 126 valence electrons. The molecule has 2 rings (SSSR count). The third kappa shape index (κ3) is 4.70. The van der Waals surface area contributed by atoms with Crippen LogP contribution < -0.4 is 4.74 Å². The van der Waals surface area contributed by atoms with Gasteiger partial charge >= 0.3 is 5.97 Å². The van der Waals surface area contributed by atoms with Gasteiger partial charge in [0, 0.05) is 19.5 Å². The Hall–Kier alpha value is -1.56. The van der Waals surface area contributed by atoms with Gasteiger partial charge in [0.2, 0.25) is 5.91 Å². The summed E-state index contributed by atoms with van der Waals surface area (Å²) < 4.78 is 6.53. The van der Waals surface area contributed by atoms with Crippen molar-refractivity contribution in [2.24, 2.45) is 5.41 Å². The van der Waals surface area contributed by atoms with Crippen LogP contribution in [0.25, 0.3) is 0 Å². The van der Waals surface area contributed by atoms with E-state index in [4.69, 9.17) is 4.74 Å². The first-order valence-corrected chi connectivity index (χ1v) is 8.60. The summed E-state index contributed by atoms with van der Waals surface area (Å²) in [6.07, 6.45) is 2.35. The topological polar surface area (TPSA) is 66.8 Å². The summed E-state index contributed by atoms with van der Waals surface area (Å²) in [6.45, 7) is 3.11. The number of amides is 1. The molecule has 0 bridgehead atoms. The van der Waals surface area contributed by atoms with Crippen molar-refractivity contribution in [1.82, 2.24) is 4.90 Å². The second-order valence-corrected chi connectivity index (χ2v) is 7.02. The lowest BCUT2D eigenvalue weighted by atomic mass is 9.82. The summed E-state index contributed by atoms with van der Waals surface area (Å²) in [5.74, 6) is -0.0588. The summed E-state index contributed by atoms with van der Waals surface area (Å²) in [7, 11) is 0. The molecule has 0 aliphatic carbocycles. The van der Waals surface area contributed by atoms with Gasteiger partial charge in [0.15, 0.2) is 0 Å². The predicted molar refractivity (Wildman–Crippen MR) is 90.4 cm³/mol. The van der Waals surface area contributed by atoms with Crippen LogP contribution in [0, 0.1) is 5.41 Å². The first-order valence-electron chi connectivity index (χ1n) is 7.81. The van der Waals surface area contributed by atoms with Crippen LogP contribution in [0.4, 0.5) is 0 Å². The van der Waals surface area contributed by atoms with Crippen LogP contribution in [-0.4, -0.2) is 41.6 Å². The number of carbonyl (C=O) groups excluding carboxylic acids is 1. The van der Waals surface area contributed by atoms with Gasteiger partial charge in [-0.1, -0.05) is 12.1 Å². The number of rotatable bonds is 6. The number of benzene rings is 1. The fourth-order valence-corrected chi connectivity index (χ4v) is 3.15. The van der Waals surface area contributed by atoms with Crippen molar-refractivity contribution in [2.45, 2.75) is 32.6 Å². The standard InChI is InChI=1S/C17H22BrNO4/c1-17(16(21)22)9-5-10-19(12-17)15(20)8-4-11-23-14-7-3-2-6-13(14)18/h2-3,6-7H,4-5,8-12H2,1H3,(H,21,22). The molecule has 1 N–H and O–H groups in total. The van der Waals surface area contributed by atoms with Gasteiger partial charge in [0.05, 0.1) is 16.5 Å². The van der Waals surface area contributed by atoms with E-state index < -0.39 is 11.4 Å². The Kier molecular flexibility index (Phi) is 6.04. The van der Waals surface area contributed by atoms with Crippen LogP contribution in [-0.2, 0) is 9.59 Å². The van der Waals surface area contributed by atoms with Gasteiger partial charge in [-0.25, -0.2) is 0 Å². The lowest BCUT2D eigenvalue weighted by molar-refractivity contribution is -0.153. The number of halogens is 1. The van der Waals surface area contributed by atoms with Gasteiger partial charge in [-0.2, -0.15) is 0 Å². The lowest BCUT2D eigenvalue weighted by Crippen LogP contribution is -2.48. The molecular weight excluding hydrogens is 362 g/mol. The zero-order valence-corrected chi connectivity index (χ0v) is 14.8. The molecule has 1 aliphatic rings. The van der Waals surface area contributed by atoms with Crippen LogP contribution in [0.2, 0.25) is 0 Å². The van der Waals surface area contributed by atoms with E-state index in [1.54, 1.807) is 11.8 Å². The number of piperidine rings is 1. The molecule has 1 heterocycles. The van der Waals surface area contributed by atoms with E-state index in [9.17, 15) is 14.7 Å². The van der Waals surface area contributed by atoms with Crippen LogP contribution in [0.15, 0.2) is 28.7 Å². The maximum Gasteiger partial charge on any atom is 0.311 e. The molecule has 0 saturated carbocycles. The van der Waals surface area contributed by atoms with Crippen LogP contribution in [0.5, 0.6) is 5.75 Å². The lowest BCUT2D eigenvalue weighted by Gasteiger charge is -2.37. The second kappa shape index (κ2) is 7.81. The highest BCUT2D eigenvalue weighted by Crippen LogP contribution is 2.30. The third-order valence-corrected chi connectivity index (χ3v) is 4.85. The maximum absolute atomic E-state index is 12.3. The van der Waals surface area contributed by atoms with E-state index >= 15 is 0 Å². The molecule has 0 spiro atoms. The molecular formula is C17H22BrNO4. The molecule has 1 fully saturated rings. The number of carboxylic acids is 1. The normalized spacial score (nSPS) is 21.0. The summed E-state index contributed by atoms with van der Waals surface area (Å²) in [6, 6.07) is 7.58. The second-order valence-electron chi connectivity index (χ2n) is 6.17. The van der Waals surface area contributed by atoms with Gasteiger partial charge < -0.3 is 14.7 Å². The fraction of sp³-hybridized carbons (Fsp3) is 0.529. The molecule has 6 heteroatoms. The molecule has 1 saturated heterocycles. The van der Waals surface area contributed by atoms with Gasteiger partial charge in [-0.15, -0.1) is 0 Å².